The number of benzene rings is 6. The van der Waals surface area contributed by atoms with Crippen LogP contribution in [0.5, 0.6) is 0 Å². The van der Waals surface area contributed by atoms with E-state index in [1.54, 1.807) is 0 Å². The number of hydrogen-bond donors (Lipinski definition) is 0. The largest absolute Gasteiger partial charge is 0.305 e. The smallest absolute Gasteiger partial charge is 0.0783 e. The number of fused-ring (bicyclic) bond motifs is 8. The Labute approximate surface area is 287 Å². The molecule has 0 unspecified atom stereocenters. The highest BCUT2D eigenvalue weighted by Crippen LogP contribution is 2.43. The van der Waals surface area contributed by atoms with Crippen LogP contribution in [0.25, 0.3) is 99.7 Å². The van der Waals surface area contributed by atoms with Crippen molar-refractivity contribution >= 4 is 54.6 Å². The van der Waals surface area contributed by atoms with Crippen molar-refractivity contribution in [2.24, 2.45) is 0 Å². The first kappa shape index (κ1) is 27.2. The Morgan fingerprint density at radius 3 is 1.10 bits per heavy atom. The Morgan fingerprint density at radius 2 is 0.660 bits per heavy atom. The molecule has 0 radical (unpaired) electrons. The van der Waals surface area contributed by atoms with E-state index in [-0.39, 0.29) is 0 Å². The van der Waals surface area contributed by atoms with E-state index < -0.39 is 0 Å². The van der Waals surface area contributed by atoms with Crippen LogP contribution >= 0.6 is 0 Å². The molecular formula is C46H28N4. The third-order valence-electron chi connectivity index (χ3n) is 10.2. The van der Waals surface area contributed by atoms with Crippen molar-refractivity contribution in [1.82, 2.24) is 18.8 Å². The number of pyridine rings is 2. The summed E-state index contributed by atoms with van der Waals surface area (Å²) < 4.78 is 4.95. The molecule has 0 aliphatic carbocycles. The zero-order valence-corrected chi connectivity index (χ0v) is 27.0. The summed E-state index contributed by atoms with van der Waals surface area (Å²) >= 11 is 0. The molecule has 4 heteroatoms. The minimum absolute atomic E-state index is 0.958. The van der Waals surface area contributed by atoms with Gasteiger partial charge in [0.05, 0.1) is 55.9 Å². The van der Waals surface area contributed by atoms with E-state index in [9.17, 15) is 0 Å². The molecule has 5 heterocycles. The van der Waals surface area contributed by atoms with Crippen LogP contribution < -0.4 is 0 Å². The molecule has 0 saturated heterocycles. The molecular weight excluding hydrogens is 609 g/mol. The van der Waals surface area contributed by atoms with Gasteiger partial charge in [0.25, 0.3) is 0 Å². The first-order valence-electron chi connectivity index (χ1n) is 17.0. The van der Waals surface area contributed by atoms with Crippen molar-refractivity contribution in [1.29, 1.82) is 0 Å². The maximum absolute atomic E-state index is 5.19. The molecule has 0 amide bonds. The first-order chi connectivity index (χ1) is 24.8. The molecule has 6 aromatic carbocycles. The lowest BCUT2D eigenvalue weighted by Crippen LogP contribution is -1.99. The maximum atomic E-state index is 5.19. The molecule has 0 saturated carbocycles. The molecule has 0 atom stereocenters. The van der Waals surface area contributed by atoms with Crippen LogP contribution in [-0.4, -0.2) is 18.8 Å². The summed E-state index contributed by atoms with van der Waals surface area (Å²) in [5.41, 5.74) is 15.4. The second-order valence-electron chi connectivity index (χ2n) is 13.0. The lowest BCUT2D eigenvalue weighted by atomic mass is 10.0. The van der Waals surface area contributed by atoms with E-state index in [4.69, 9.17) is 9.97 Å². The molecule has 11 rings (SSSR count). The molecule has 0 fully saturated rings. The minimum Gasteiger partial charge on any atom is -0.305 e. The lowest BCUT2D eigenvalue weighted by Gasteiger charge is -2.14. The fraction of sp³-hybridized carbons (Fsp3) is 0. The van der Waals surface area contributed by atoms with Crippen LogP contribution in [0.1, 0.15) is 0 Å². The monoisotopic (exact) mass is 636 g/mol. The topological polar surface area (TPSA) is 34.6 Å². The summed E-state index contributed by atoms with van der Waals surface area (Å²) in [6.45, 7) is 0. The Kier molecular flexibility index (Phi) is 5.63. The van der Waals surface area contributed by atoms with Gasteiger partial charge in [0.2, 0.25) is 0 Å². The minimum atomic E-state index is 0.958. The number of hydrogen-bond acceptors (Lipinski definition) is 2. The average Bonchev–Trinajstić information content (AvgIpc) is 3.72. The Balaban J connectivity index is 1.26. The summed E-state index contributed by atoms with van der Waals surface area (Å²) in [7, 11) is 0. The van der Waals surface area contributed by atoms with Crippen molar-refractivity contribution in [3.05, 3.63) is 170 Å². The van der Waals surface area contributed by atoms with Crippen molar-refractivity contribution in [3.63, 3.8) is 0 Å². The number of nitrogens with zero attached hydrogens (tertiary/aromatic N) is 4. The van der Waals surface area contributed by atoms with E-state index in [2.05, 4.69) is 167 Å². The average molecular weight is 637 g/mol. The molecule has 0 aliphatic heterocycles. The van der Waals surface area contributed by atoms with E-state index >= 15 is 0 Å². The molecule has 0 bridgehead atoms. The van der Waals surface area contributed by atoms with Gasteiger partial charge >= 0.3 is 0 Å². The fourth-order valence-corrected chi connectivity index (χ4v) is 8.02. The third-order valence-corrected chi connectivity index (χ3v) is 10.2. The standard InChI is InChI=1S/C46H28N4/c1-3-13-29(14-4-1)37-19-11-21-39(47-37)31-25-35-33-17-7-9-23-41(33)50-44-28-32(40-22-12-20-38(48-40)30-15-5-2-6-16-30)26-36-34-18-8-10-24-42(34)49(46(36)44)43(27-31)45(35)50/h1-28H. The van der Waals surface area contributed by atoms with E-state index in [1.807, 2.05) is 12.1 Å². The zero-order chi connectivity index (χ0) is 32.8. The highest BCUT2D eigenvalue weighted by Gasteiger charge is 2.23. The summed E-state index contributed by atoms with van der Waals surface area (Å²) in [6, 6.07) is 60.4. The number of para-hydroxylation sites is 2. The van der Waals surface area contributed by atoms with Crippen molar-refractivity contribution in [2.45, 2.75) is 0 Å². The van der Waals surface area contributed by atoms with Crippen LogP contribution in [0.3, 0.4) is 0 Å². The predicted octanol–water partition coefficient (Wildman–Crippen LogP) is 11.7. The highest BCUT2D eigenvalue weighted by atomic mass is 15.0. The van der Waals surface area contributed by atoms with E-state index in [0.29, 0.717) is 0 Å². The van der Waals surface area contributed by atoms with Gasteiger partial charge in [-0.1, -0.05) is 109 Å². The van der Waals surface area contributed by atoms with Crippen molar-refractivity contribution in [3.8, 4) is 45.0 Å². The Hall–Kier alpha value is -6.78. The molecule has 0 aliphatic rings. The highest BCUT2D eigenvalue weighted by molar-refractivity contribution is 6.23. The molecule has 5 aromatic heterocycles. The molecule has 50 heavy (non-hydrogen) atoms. The summed E-state index contributed by atoms with van der Waals surface area (Å²) in [5.74, 6) is 0. The Bertz CT molecular complexity index is 2870. The second-order valence-corrected chi connectivity index (χ2v) is 13.0. The van der Waals surface area contributed by atoms with Gasteiger partial charge < -0.3 is 8.80 Å². The van der Waals surface area contributed by atoms with Gasteiger partial charge in [-0.3, -0.25) is 0 Å². The summed E-state index contributed by atoms with van der Waals surface area (Å²) in [6.07, 6.45) is 0. The van der Waals surface area contributed by atoms with Crippen LogP contribution in [0.4, 0.5) is 0 Å². The van der Waals surface area contributed by atoms with Crippen molar-refractivity contribution in [2.75, 3.05) is 0 Å². The summed E-state index contributed by atoms with van der Waals surface area (Å²) in [5, 5.41) is 4.88. The fourth-order valence-electron chi connectivity index (χ4n) is 8.02. The lowest BCUT2D eigenvalue weighted by molar-refractivity contribution is 1.25. The van der Waals surface area contributed by atoms with Crippen LogP contribution in [-0.2, 0) is 0 Å². The van der Waals surface area contributed by atoms with Gasteiger partial charge in [-0.15, -0.1) is 0 Å². The summed E-state index contributed by atoms with van der Waals surface area (Å²) in [4.78, 5) is 10.4. The van der Waals surface area contributed by atoms with Gasteiger partial charge in [-0.2, -0.15) is 0 Å². The van der Waals surface area contributed by atoms with Crippen LogP contribution in [0.2, 0.25) is 0 Å². The van der Waals surface area contributed by atoms with Gasteiger partial charge in [0.15, 0.2) is 0 Å². The first-order valence-corrected chi connectivity index (χ1v) is 17.0. The molecule has 0 N–H and O–H groups in total. The molecule has 0 spiro atoms. The third kappa shape index (κ3) is 3.87. The molecule has 11 aromatic rings. The maximum Gasteiger partial charge on any atom is 0.0783 e. The number of rotatable bonds is 4. The molecule has 232 valence electrons. The van der Waals surface area contributed by atoms with E-state index in [1.165, 1.54) is 43.6 Å². The van der Waals surface area contributed by atoms with E-state index in [0.717, 1.165) is 56.1 Å². The van der Waals surface area contributed by atoms with Crippen molar-refractivity contribution < 1.29 is 0 Å². The normalized spacial score (nSPS) is 12.0. The van der Waals surface area contributed by atoms with Crippen LogP contribution in [0, 0.1) is 0 Å². The Morgan fingerprint density at radius 1 is 0.280 bits per heavy atom. The second kappa shape index (κ2) is 10.4. The predicted molar refractivity (Wildman–Crippen MR) is 207 cm³/mol. The number of aromatic nitrogens is 4. The quantitative estimate of drug-likeness (QED) is 0.180. The molecule has 4 nitrogen and oxygen atoms in total. The SMILES string of the molecule is c1ccc(-c2cccc(-c3cc4c5ccccc5n5c6cc(-c7cccc(-c8ccccc8)n7)cc7c8ccccc8n(c(c3)c45)c76)n2)cc1. The van der Waals surface area contributed by atoms with Gasteiger partial charge in [0.1, 0.15) is 0 Å². The van der Waals surface area contributed by atoms with Gasteiger partial charge in [-0.05, 0) is 60.7 Å². The van der Waals surface area contributed by atoms with Gasteiger partial charge in [0, 0.05) is 43.8 Å². The van der Waals surface area contributed by atoms with Gasteiger partial charge in [-0.25, -0.2) is 9.97 Å². The van der Waals surface area contributed by atoms with Crippen LogP contribution in [0.15, 0.2) is 170 Å². The zero-order valence-electron chi connectivity index (χ0n) is 27.0.